The van der Waals surface area contributed by atoms with E-state index >= 15 is 0 Å². The number of carbonyl (C=O) groups is 1. The molecule has 1 aliphatic rings. The van der Waals surface area contributed by atoms with Gasteiger partial charge in [0.1, 0.15) is 0 Å². The van der Waals surface area contributed by atoms with Gasteiger partial charge in [0.15, 0.2) is 0 Å². The summed E-state index contributed by atoms with van der Waals surface area (Å²) in [5, 5.41) is 8.87. The zero-order chi connectivity index (χ0) is 8.48. The van der Waals surface area contributed by atoms with Crippen molar-refractivity contribution in [1.82, 2.24) is 0 Å². The Kier molecular flexibility index (Phi) is 2.21. The number of hydrogen-bond donors (Lipinski definition) is 1. The third kappa shape index (κ3) is 1.73. The van der Waals surface area contributed by atoms with E-state index in [0.717, 1.165) is 19.3 Å². The SMILES string of the molecule is CC1(C)CCCC[C@@H]1C(=O)O. The van der Waals surface area contributed by atoms with Crippen LogP contribution in [0.1, 0.15) is 39.5 Å². The van der Waals surface area contributed by atoms with Gasteiger partial charge in [0, 0.05) is 0 Å². The van der Waals surface area contributed by atoms with Crippen molar-refractivity contribution in [3.05, 3.63) is 0 Å². The third-order valence-corrected chi connectivity index (χ3v) is 2.81. The third-order valence-electron chi connectivity index (χ3n) is 2.81. The Balaban J connectivity index is 2.67. The van der Waals surface area contributed by atoms with Gasteiger partial charge >= 0.3 is 5.97 Å². The summed E-state index contributed by atoms with van der Waals surface area (Å²) >= 11 is 0. The van der Waals surface area contributed by atoms with E-state index in [4.69, 9.17) is 5.11 Å². The molecule has 1 atom stereocenters. The largest absolute Gasteiger partial charge is 0.481 e. The molecule has 64 valence electrons. The fraction of sp³-hybridized carbons (Fsp3) is 0.889. The second-order valence-electron chi connectivity index (χ2n) is 4.13. The molecule has 0 aliphatic heterocycles. The van der Waals surface area contributed by atoms with Gasteiger partial charge in [-0.05, 0) is 18.3 Å². The van der Waals surface area contributed by atoms with E-state index in [1.54, 1.807) is 0 Å². The highest BCUT2D eigenvalue weighted by atomic mass is 16.4. The zero-order valence-electron chi connectivity index (χ0n) is 7.26. The maximum absolute atomic E-state index is 10.8. The van der Waals surface area contributed by atoms with Gasteiger partial charge in [-0.15, -0.1) is 0 Å². The molecule has 0 spiro atoms. The van der Waals surface area contributed by atoms with E-state index in [1.807, 2.05) is 0 Å². The highest BCUT2D eigenvalue weighted by molar-refractivity contribution is 5.71. The van der Waals surface area contributed by atoms with E-state index in [1.165, 1.54) is 6.42 Å². The number of carboxylic acid groups (broad SMARTS) is 1. The molecule has 2 heteroatoms. The molecular formula is C9H16O2. The van der Waals surface area contributed by atoms with Crippen LogP contribution < -0.4 is 0 Å². The fourth-order valence-electron chi connectivity index (χ4n) is 1.95. The predicted octanol–water partition coefficient (Wildman–Crippen LogP) is 2.29. The van der Waals surface area contributed by atoms with E-state index in [-0.39, 0.29) is 11.3 Å². The molecule has 0 heterocycles. The van der Waals surface area contributed by atoms with Crippen molar-refractivity contribution in [3.63, 3.8) is 0 Å². The smallest absolute Gasteiger partial charge is 0.307 e. The molecule has 0 aromatic carbocycles. The Morgan fingerprint density at radius 3 is 2.45 bits per heavy atom. The van der Waals surface area contributed by atoms with Crippen LogP contribution in [0.15, 0.2) is 0 Å². The molecule has 0 bridgehead atoms. The minimum atomic E-state index is -0.616. The summed E-state index contributed by atoms with van der Waals surface area (Å²) in [4.78, 5) is 10.8. The maximum atomic E-state index is 10.8. The molecule has 2 nitrogen and oxygen atoms in total. The second kappa shape index (κ2) is 2.84. The molecule has 11 heavy (non-hydrogen) atoms. The van der Waals surface area contributed by atoms with Crippen LogP contribution in [-0.4, -0.2) is 11.1 Å². The highest BCUT2D eigenvalue weighted by Crippen LogP contribution is 2.40. The Hall–Kier alpha value is -0.530. The summed E-state index contributed by atoms with van der Waals surface area (Å²) in [6.07, 6.45) is 4.20. The van der Waals surface area contributed by atoms with Crippen LogP contribution in [-0.2, 0) is 4.79 Å². The fourth-order valence-corrected chi connectivity index (χ4v) is 1.95. The average Bonchev–Trinajstić information content (AvgIpc) is 1.85. The Morgan fingerprint density at radius 1 is 1.45 bits per heavy atom. The van der Waals surface area contributed by atoms with Crippen molar-refractivity contribution in [2.75, 3.05) is 0 Å². The summed E-state index contributed by atoms with van der Waals surface area (Å²) in [5.74, 6) is -0.731. The van der Waals surface area contributed by atoms with Crippen LogP contribution in [0.4, 0.5) is 0 Å². The van der Waals surface area contributed by atoms with Crippen molar-refractivity contribution < 1.29 is 9.90 Å². The van der Waals surface area contributed by atoms with Crippen LogP contribution in [0.25, 0.3) is 0 Å². The van der Waals surface area contributed by atoms with Crippen molar-refractivity contribution in [1.29, 1.82) is 0 Å². The van der Waals surface area contributed by atoms with Crippen LogP contribution in [0.3, 0.4) is 0 Å². The molecule has 0 aromatic rings. The lowest BCUT2D eigenvalue weighted by molar-refractivity contribution is -0.147. The van der Waals surface area contributed by atoms with Crippen molar-refractivity contribution >= 4 is 5.97 Å². The van der Waals surface area contributed by atoms with Crippen LogP contribution in [0, 0.1) is 11.3 Å². The average molecular weight is 156 g/mol. The zero-order valence-corrected chi connectivity index (χ0v) is 7.26. The molecule has 1 rings (SSSR count). The topological polar surface area (TPSA) is 37.3 Å². The maximum Gasteiger partial charge on any atom is 0.307 e. The van der Waals surface area contributed by atoms with Crippen molar-refractivity contribution in [2.24, 2.45) is 11.3 Å². The van der Waals surface area contributed by atoms with Gasteiger partial charge in [0.05, 0.1) is 5.92 Å². The Labute approximate surface area is 67.6 Å². The first-order valence-corrected chi connectivity index (χ1v) is 4.27. The van der Waals surface area contributed by atoms with E-state index < -0.39 is 5.97 Å². The summed E-state index contributed by atoms with van der Waals surface area (Å²) < 4.78 is 0. The minimum absolute atomic E-state index is 0.0179. The van der Waals surface area contributed by atoms with Gasteiger partial charge in [-0.25, -0.2) is 0 Å². The number of aliphatic carboxylic acids is 1. The lowest BCUT2D eigenvalue weighted by atomic mass is 9.69. The summed E-state index contributed by atoms with van der Waals surface area (Å²) in [7, 11) is 0. The molecule has 0 radical (unpaired) electrons. The second-order valence-corrected chi connectivity index (χ2v) is 4.13. The van der Waals surface area contributed by atoms with Crippen molar-refractivity contribution in [2.45, 2.75) is 39.5 Å². The number of hydrogen-bond acceptors (Lipinski definition) is 1. The van der Waals surface area contributed by atoms with Gasteiger partial charge in [-0.3, -0.25) is 4.79 Å². The highest BCUT2D eigenvalue weighted by Gasteiger charge is 2.36. The van der Waals surface area contributed by atoms with Gasteiger partial charge < -0.3 is 5.11 Å². The molecular weight excluding hydrogens is 140 g/mol. The molecule has 1 fully saturated rings. The normalized spacial score (nSPS) is 29.8. The molecule has 0 amide bonds. The van der Waals surface area contributed by atoms with Crippen LogP contribution in [0.2, 0.25) is 0 Å². The Morgan fingerprint density at radius 2 is 2.09 bits per heavy atom. The molecule has 1 saturated carbocycles. The first-order valence-electron chi connectivity index (χ1n) is 4.27. The molecule has 0 unspecified atom stereocenters. The monoisotopic (exact) mass is 156 g/mol. The quantitative estimate of drug-likeness (QED) is 0.632. The lowest BCUT2D eigenvalue weighted by Gasteiger charge is -2.35. The summed E-state index contributed by atoms with van der Waals surface area (Å²) in [6.45, 7) is 4.12. The Bertz CT molecular complexity index is 161. The van der Waals surface area contributed by atoms with Gasteiger partial charge in [0.25, 0.3) is 0 Å². The van der Waals surface area contributed by atoms with E-state index in [9.17, 15) is 4.79 Å². The standard InChI is InChI=1S/C9H16O2/c1-9(2)6-4-3-5-7(9)8(10)11/h7H,3-6H2,1-2H3,(H,10,11)/t7-/m1/s1. The van der Waals surface area contributed by atoms with Gasteiger partial charge in [0.2, 0.25) is 0 Å². The lowest BCUT2D eigenvalue weighted by Crippen LogP contribution is -2.33. The van der Waals surface area contributed by atoms with E-state index in [0.29, 0.717) is 0 Å². The minimum Gasteiger partial charge on any atom is -0.481 e. The molecule has 0 saturated heterocycles. The first kappa shape index (κ1) is 8.57. The van der Waals surface area contributed by atoms with Gasteiger partial charge in [-0.2, -0.15) is 0 Å². The van der Waals surface area contributed by atoms with Crippen molar-refractivity contribution in [3.8, 4) is 0 Å². The van der Waals surface area contributed by atoms with E-state index in [2.05, 4.69) is 13.8 Å². The summed E-state index contributed by atoms with van der Waals surface area (Å²) in [5.41, 5.74) is 0.0179. The number of rotatable bonds is 1. The van der Waals surface area contributed by atoms with Gasteiger partial charge in [-0.1, -0.05) is 26.7 Å². The molecule has 1 N–H and O–H groups in total. The number of carboxylic acids is 1. The predicted molar refractivity (Wildman–Crippen MR) is 43.4 cm³/mol. The van der Waals surface area contributed by atoms with Crippen LogP contribution >= 0.6 is 0 Å². The molecule has 0 aromatic heterocycles. The first-order chi connectivity index (χ1) is 5.04. The van der Waals surface area contributed by atoms with Crippen LogP contribution in [0.5, 0.6) is 0 Å². The summed E-state index contributed by atoms with van der Waals surface area (Å²) in [6, 6.07) is 0. The molecule has 1 aliphatic carbocycles.